The third-order valence-electron chi connectivity index (χ3n) is 3.16. The third-order valence-corrected chi connectivity index (χ3v) is 3.16. The average Bonchev–Trinajstić information content (AvgIpc) is 2.45. The summed E-state index contributed by atoms with van der Waals surface area (Å²) in [5, 5.41) is 1.75. The maximum Gasteiger partial charge on any atom is 0.203 e. The summed E-state index contributed by atoms with van der Waals surface area (Å²) in [7, 11) is 4.77. The number of hydrazine groups is 1. The predicted molar refractivity (Wildman–Crippen MR) is 70.6 cm³/mol. The zero-order valence-electron chi connectivity index (χ0n) is 11.5. The lowest BCUT2D eigenvalue weighted by Gasteiger charge is -2.30. The molecule has 6 nitrogen and oxygen atoms in total. The molecule has 19 heavy (non-hydrogen) atoms. The van der Waals surface area contributed by atoms with Crippen molar-refractivity contribution in [2.45, 2.75) is 6.10 Å². The van der Waals surface area contributed by atoms with Crippen molar-refractivity contribution in [1.82, 2.24) is 5.01 Å². The lowest BCUT2D eigenvalue weighted by molar-refractivity contribution is -0.0306. The van der Waals surface area contributed by atoms with E-state index >= 15 is 0 Å². The van der Waals surface area contributed by atoms with Gasteiger partial charge in [0.15, 0.2) is 11.5 Å². The van der Waals surface area contributed by atoms with Crippen LogP contribution in [0.5, 0.6) is 17.2 Å². The van der Waals surface area contributed by atoms with E-state index in [4.69, 9.17) is 24.8 Å². The molecule has 1 heterocycles. The van der Waals surface area contributed by atoms with Crippen LogP contribution in [0.15, 0.2) is 12.1 Å². The van der Waals surface area contributed by atoms with E-state index in [0.717, 1.165) is 12.1 Å². The number of hydrogen-bond donors (Lipinski definition) is 1. The molecule has 2 N–H and O–H groups in total. The van der Waals surface area contributed by atoms with E-state index in [1.165, 1.54) is 0 Å². The maximum atomic E-state index is 5.83. The minimum atomic E-state index is -0.0903. The second-order valence-corrected chi connectivity index (χ2v) is 4.31. The smallest absolute Gasteiger partial charge is 0.203 e. The molecule has 1 aromatic rings. The van der Waals surface area contributed by atoms with Gasteiger partial charge in [-0.2, -0.15) is 0 Å². The fourth-order valence-electron chi connectivity index (χ4n) is 2.16. The highest BCUT2D eigenvalue weighted by atomic mass is 16.5. The Morgan fingerprint density at radius 1 is 1.16 bits per heavy atom. The number of methoxy groups -OCH3 is 3. The van der Waals surface area contributed by atoms with Crippen LogP contribution < -0.4 is 20.1 Å². The molecule has 0 spiro atoms. The summed E-state index contributed by atoms with van der Waals surface area (Å²) in [5.74, 6) is 7.64. The molecular formula is C13H20N2O4. The van der Waals surface area contributed by atoms with E-state index in [1.807, 2.05) is 12.1 Å². The third kappa shape index (κ3) is 2.91. The van der Waals surface area contributed by atoms with Crippen LogP contribution >= 0.6 is 0 Å². The Kier molecular flexibility index (Phi) is 4.47. The van der Waals surface area contributed by atoms with Gasteiger partial charge < -0.3 is 18.9 Å². The van der Waals surface area contributed by atoms with Gasteiger partial charge in [0.25, 0.3) is 0 Å². The van der Waals surface area contributed by atoms with Crippen LogP contribution in [0.25, 0.3) is 0 Å². The molecule has 0 radical (unpaired) electrons. The van der Waals surface area contributed by atoms with E-state index in [-0.39, 0.29) is 6.10 Å². The second-order valence-electron chi connectivity index (χ2n) is 4.31. The molecule has 0 saturated carbocycles. The molecule has 1 saturated heterocycles. The number of ether oxygens (including phenoxy) is 4. The Balaban J connectivity index is 2.35. The molecule has 1 atom stereocenters. The topological polar surface area (TPSA) is 66.2 Å². The summed E-state index contributed by atoms with van der Waals surface area (Å²) in [6, 6.07) is 3.79. The summed E-state index contributed by atoms with van der Waals surface area (Å²) >= 11 is 0. The van der Waals surface area contributed by atoms with Crippen molar-refractivity contribution >= 4 is 0 Å². The van der Waals surface area contributed by atoms with Crippen molar-refractivity contribution in [1.29, 1.82) is 0 Å². The van der Waals surface area contributed by atoms with Gasteiger partial charge in [-0.25, -0.2) is 5.01 Å². The van der Waals surface area contributed by atoms with Gasteiger partial charge in [-0.3, -0.25) is 5.84 Å². The Bertz CT molecular complexity index is 414. The summed E-state index contributed by atoms with van der Waals surface area (Å²) in [6.07, 6.45) is -0.0903. The highest BCUT2D eigenvalue weighted by Gasteiger charge is 2.23. The predicted octanol–water partition coefficient (Wildman–Crippen LogP) is 0.959. The van der Waals surface area contributed by atoms with Gasteiger partial charge in [0.1, 0.15) is 0 Å². The van der Waals surface area contributed by atoms with E-state index in [0.29, 0.717) is 30.4 Å². The van der Waals surface area contributed by atoms with Gasteiger partial charge >= 0.3 is 0 Å². The first kappa shape index (κ1) is 13.9. The first-order valence-corrected chi connectivity index (χ1v) is 6.10. The fraction of sp³-hybridized carbons (Fsp3) is 0.538. The molecule has 0 amide bonds. The van der Waals surface area contributed by atoms with Crippen LogP contribution in [0, 0.1) is 0 Å². The second kappa shape index (κ2) is 6.10. The highest BCUT2D eigenvalue weighted by Crippen LogP contribution is 2.40. The maximum absolute atomic E-state index is 5.83. The normalized spacial score (nSPS) is 20.1. The zero-order valence-corrected chi connectivity index (χ0v) is 11.5. The number of hydrogen-bond acceptors (Lipinski definition) is 6. The molecule has 106 valence electrons. The van der Waals surface area contributed by atoms with Crippen molar-refractivity contribution in [3.63, 3.8) is 0 Å². The summed E-state index contributed by atoms with van der Waals surface area (Å²) in [4.78, 5) is 0. The van der Waals surface area contributed by atoms with E-state index in [1.54, 1.807) is 26.3 Å². The minimum absolute atomic E-state index is 0.0903. The van der Waals surface area contributed by atoms with Crippen LogP contribution in [-0.4, -0.2) is 46.0 Å². The SMILES string of the molecule is COc1cc(C2CN(N)CCO2)cc(OC)c1OC. The van der Waals surface area contributed by atoms with Gasteiger partial charge in [0, 0.05) is 13.1 Å². The molecule has 0 aromatic heterocycles. The van der Waals surface area contributed by atoms with Gasteiger partial charge in [0.05, 0.1) is 34.0 Å². The Labute approximate surface area is 113 Å². The molecule has 2 rings (SSSR count). The molecular weight excluding hydrogens is 248 g/mol. The quantitative estimate of drug-likeness (QED) is 0.820. The van der Waals surface area contributed by atoms with E-state index in [9.17, 15) is 0 Å². The molecule has 1 aromatic carbocycles. The molecule has 6 heteroatoms. The van der Waals surface area contributed by atoms with Crippen molar-refractivity contribution in [2.24, 2.45) is 5.84 Å². The molecule has 1 aliphatic rings. The minimum Gasteiger partial charge on any atom is -0.493 e. The lowest BCUT2D eigenvalue weighted by Crippen LogP contribution is -2.42. The van der Waals surface area contributed by atoms with Crippen molar-refractivity contribution in [3.05, 3.63) is 17.7 Å². The molecule has 1 unspecified atom stereocenters. The molecule has 1 fully saturated rings. The number of morpholine rings is 1. The van der Waals surface area contributed by atoms with Crippen LogP contribution in [0.2, 0.25) is 0 Å². The van der Waals surface area contributed by atoms with Crippen molar-refractivity contribution in [3.8, 4) is 17.2 Å². The Hall–Kier alpha value is -1.50. The standard InChI is InChI=1S/C13H20N2O4/c1-16-10-6-9(7-11(17-2)13(10)18-3)12-8-15(14)4-5-19-12/h6-7,12H,4-5,8,14H2,1-3H3. The highest BCUT2D eigenvalue weighted by molar-refractivity contribution is 5.54. The van der Waals surface area contributed by atoms with Gasteiger partial charge in [-0.05, 0) is 17.7 Å². The lowest BCUT2D eigenvalue weighted by atomic mass is 10.1. The Morgan fingerprint density at radius 3 is 2.26 bits per heavy atom. The van der Waals surface area contributed by atoms with E-state index < -0.39 is 0 Å². The summed E-state index contributed by atoms with van der Waals surface area (Å²) in [6.45, 7) is 1.98. The number of rotatable bonds is 4. The first-order chi connectivity index (χ1) is 9.19. The van der Waals surface area contributed by atoms with Gasteiger partial charge in [-0.1, -0.05) is 0 Å². The van der Waals surface area contributed by atoms with Gasteiger partial charge in [0.2, 0.25) is 5.75 Å². The Morgan fingerprint density at radius 2 is 1.79 bits per heavy atom. The number of benzene rings is 1. The van der Waals surface area contributed by atoms with Crippen LogP contribution in [0.1, 0.15) is 11.7 Å². The first-order valence-electron chi connectivity index (χ1n) is 6.10. The number of nitrogens with zero attached hydrogens (tertiary/aromatic N) is 1. The van der Waals surface area contributed by atoms with Crippen LogP contribution in [0.3, 0.4) is 0 Å². The molecule has 1 aliphatic heterocycles. The average molecular weight is 268 g/mol. The van der Waals surface area contributed by atoms with Crippen molar-refractivity contribution < 1.29 is 18.9 Å². The van der Waals surface area contributed by atoms with Gasteiger partial charge in [-0.15, -0.1) is 0 Å². The molecule has 0 aliphatic carbocycles. The van der Waals surface area contributed by atoms with E-state index in [2.05, 4.69) is 0 Å². The largest absolute Gasteiger partial charge is 0.493 e. The van der Waals surface area contributed by atoms with Crippen LogP contribution in [-0.2, 0) is 4.74 Å². The fourth-order valence-corrected chi connectivity index (χ4v) is 2.16. The monoisotopic (exact) mass is 268 g/mol. The zero-order chi connectivity index (χ0) is 13.8. The van der Waals surface area contributed by atoms with Crippen LogP contribution in [0.4, 0.5) is 0 Å². The summed E-state index contributed by atoms with van der Waals surface area (Å²) < 4.78 is 21.7. The van der Waals surface area contributed by atoms with Crippen molar-refractivity contribution in [2.75, 3.05) is 41.0 Å². The molecule has 0 bridgehead atoms. The number of nitrogens with two attached hydrogens (primary N) is 1. The summed E-state index contributed by atoms with van der Waals surface area (Å²) in [5.41, 5.74) is 0.963.